The predicted molar refractivity (Wildman–Crippen MR) is 72.3 cm³/mol. The highest BCUT2D eigenvalue weighted by Gasteiger charge is 2.40. The average Bonchev–Trinajstić information content (AvgIpc) is 2.78. The Morgan fingerprint density at radius 3 is 2.89 bits per heavy atom. The molecular formula is C14H25N3O. The zero-order valence-corrected chi connectivity index (χ0v) is 11.8. The molecule has 0 aliphatic carbocycles. The van der Waals surface area contributed by atoms with Crippen LogP contribution in [0.4, 0.5) is 0 Å². The van der Waals surface area contributed by atoms with Crippen molar-refractivity contribution in [2.24, 2.45) is 7.05 Å². The first-order valence-corrected chi connectivity index (χ1v) is 6.97. The summed E-state index contributed by atoms with van der Waals surface area (Å²) >= 11 is 0. The number of likely N-dealkylation sites (tertiary alicyclic amines) is 1. The van der Waals surface area contributed by atoms with Gasteiger partial charge in [0.05, 0.1) is 0 Å². The van der Waals surface area contributed by atoms with Crippen LogP contribution in [0.5, 0.6) is 0 Å². The summed E-state index contributed by atoms with van der Waals surface area (Å²) in [6, 6.07) is 0.473. The summed E-state index contributed by atoms with van der Waals surface area (Å²) in [7, 11) is 4.12. The van der Waals surface area contributed by atoms with Crippen LogP contribution >= 0.6 is 0 Å². The van der Waals surface area contributed by atoms with E-state index in [-0.39, 0.29) is 0 Å². The first-order valence-electron chi connectivity index (χ1n) is 6.97. The maximum absolute atomic E-state index is 10.9. The third-order valence-corrected chi connectivity index (χ3v) is 4.20. The molecule has 1 saturated heterocycles. The lowest BCUT2D eigenvalue weighted by Crippen LogP contribution is -2.48. The molecule has 1 aliphatic heterocycles. The van der Waals surface area contributed by atoms with E-state index < -0.39 is 5.60 Å². The van der Waals surface area contributed by atoms with Crippen LogP contribution in [-0.4, -0.2) is 39.2 Å². The van der Waals surface area contributed by atoms with Crippen molar-refractivity contribution in [2.45, 2.75) is 50.7 Å². The molecule has 2 atom stereocenters. The first-order chi connectivity index (χ1) is 8.57. The second-order valence-electron chi connectivity index (χ2n) is 5.62. The van der Waals surface area contributed by atoms with Crippen LogP contribution < -0.4 is 0 Å². The van der Waals surface area contributed by atoms with Gasteiger partial charge in [0.2, 0.25) is 0 Å². The Hall–Kier alpha value is -0.870. The highest BCUT2D eigenvalue weighted by atomic mass is 16.3. The number of piperidine rings is 1. The fourth-order valence-corrected chi connectivity index (χ4v) is 2.97. The van der Waals surface area contributed by atoms with Gasteiger partial charge in [0.25, 0.3) is 0 Å². The lowest BCUT2D eigenvalue weighted by atomic mass is 9.84. The van der Waals surface area contributed by atoms with Crippen LogP contribution in [0.2, 0.25) is 0 Å². The van der Waals surface area contributed by atoms with Crippen molar-refractivity contribution >= 4 is 0 Å². The van der Waals surface area contributed by atoms with E-state index >= 15 is 0 Å². The molecular weight excluding hydrogens is 226 g/mol. The summed E-state index contributed by atoms with van der Waals surface area (Å²) in [5.74, 6) is 0.817. The topological polar surface area (TPSA) is 41.3 Å². The predicted octanol–water partition coefficient (Wildman–Crippen LogP) is 1.89. The minimum absolute atomic E-state index is 0.473. The zero-order chi connectivity index (χ0) is 13.2. The van der Waals surface area contributed by atoms with Crippen LogP contribution in [-0.2, 0) is 12.6 Å². The molecule has 2 rings (SSSR count). The Kier molecular flexibility index (Phi) is 4.07. The fourth-order valence-electron chi connectivity index (χ4n) is 2.97. The largest absolute Gasteiger partial charge is 0.382 e. The van der Waals surface area contributed by atoms with E-state index in [0.29, 0.717) is 6.04 Å². The number of imidazole rings is 1. The SMILES string of the molecule is CCCCC1CC(O)(c2nccn2C)CCN1C. The van der Waals surface area contributed by atoms with E-state index in [0.717, 1.165) is 25.2 Å². The van der Waals surface area contributed by atoms with Gasteiger partial charge in [0, 0.05) is 32.0 Å². The van der Waals surface area contributed by atoms with Gasteiger partial charge in [0.1, 0.15) is 11.4 Å². The number of hydrogen-bond acceptors (Lipinski definition) is 3. The van der Waals surface area contributed by atoms with Gasteiger partial charge in [-0.2, -0.15) is 0 Å². The summed E-state index contributed by atoms with van der Waals surface area (Å²) in [6.07, 6.45) is 8.86. The summed E-state index contributed by atoms with van der Waals surface area (Å²) in [4.78, 5) is 6.73. The molecule has 4 heteroatoms. The van der Waals surface area contributed by atoms with Gasteiger partial charge in [-0.05, 0) is 26.3 Å². The maximum atomic E-state index is 10.9. The Labute approximate surface area is 110 Å². The van der Waals surface area contributed by atoms with Crippen LogP contribution in [0.25, 0.3) is 0 Å². The summed E-state index contributed by atoms with van der Waals surface area (Å²) < 4.78 is 1.95. The molecule has 2 heterocycles. The van der Waals surface area contributed by atoms with Crippen LogP contribution in [0.1, 0.15) is 44.9 Å². The molecule has 4 nitrogen and oxygen atoms in total. The Bertz CT molecular complexity index is 390. The Morgan fingerprint density at radius 2 is 2.28 bits per heavy atom. The minimum atomic E-state index is -0.747. The number of nitrogens with zero attached hydrogens (tertiary/aromatic N) is 3. The highest BCUT2D eigenvalue weighted by Crippen LogP contribution is 2.35. The monoisotopic (exact) mass is 251 g/mol. The van der Waals surface area contributed by atoms with Gasteiger partial charge < -0.3 is 14.6 Å². The number of aryl methyl sites for hydroxylation is 1. The zero-order valence-electron chi connectivity index (χ0n) is 11.8. The summed E-state index contributed by atoms with van der Waals surface area (Å²) in [6.45, 7) is 3.16. The van der Waals surface area contributed by atoms with Gasteiger partial charge in [0.15, 0.2) is 0 Å². The third kappa shape index (κ3) is 2.59. The van der Waals surface area contributed by atoms with E-state index in [1.54, 1.807) is 6.20 Å². The lowest BCUT2D eigenvalue weighted by Gasteiger charge is -2.42. The second kappa shape index (κ2) is 5.41. The molecule has 0 spiro atoms. The van der Waals surface area contributed by atoms with Gasteiger partial charge in [-0.25, -0.2) is 4.98 Å². The summed E-state index contributed by atoms with van der Waals surface area (Å²) in [5.41, 5.74) is -0.747. The maximum Gasteiger partial charge on any atom is 0.140 e. The number of rotatable bonds is 4. The van der Waals surface area contributed by atoms with Crippen molar-refractivity contribution in [3.05, 3.63) is 18.2 Å². The molecule has 102 valence electrons. The van der Waals surface area contributed by atoms with Crippen molar-refractivity contribution in [1.82, 2.24) is 14.5 Å². The molecule has 2 unspecified atom stereocenters. The van der Waals surface area contributed by atoms with Gasteiger partial charge >= 0.3 is 0 Å². The molecule has 1 aromatic rings. The second-order valence-corrected chi connectivity index (χ2v) is 5.62. The van der Waals surface area contributed by atoms with Crippen molar-refractivity contribution in [2.75, 3.05) is 13.6 Å². The van der Waals surface area contributed by atoms with Crippen molar-refractivity contribution in [1.29, 1.82) is 0 Å². The van der Waals surface area contributed by atoms with E-state index in [2.05, 4.69) is 23.9 Å². The van der Waals surface area contributed by atoms with Gasteiger partial charge in [-0.3, -0.25) is 0 Å². The number of aromatic nitrogens is 2. The quantitative estimate of drug-likeness (QED) is 0.888. The molecule has 0 radical (unpaired) electrons. The highest BCUT2D eigenvalue weighted by molar-refractivity contribution is 5.08. The van der Waals surface area contributed by atoms with Crippen molar-refractivity contribution in [3.63, 3.8) is 0 Å². The number of aliphatic hydroxyl groups is 1. The third-order valence-electron chi connectivity index (χ3n) is 4.20. The fraction of sp³-hybridized carbons (Fsp3) is 0.786. The molecule has 1 N–H and O–H groups in total. The normalized spacial score (nSPS) is 29.7. The standard InChI is InChI=1S/C14H25N3O/c1-4-5-6-12-11-14(18,7-9-16(12)2)13-15-8-10-17(13)3/h8,10,12,18H,4-7,9,11H2,1-3H3. The molecule has 1 aliphatic rings. The van der Waals surface area contributed by atoms with Crippen molar-refractivity contribution in [3.8, 4) is 0 Å². The smallest absolute Gasteiger partial charge is 0.140 e. The molecule has 0 saturated carbocycles. The van der Waals surface area contributed by atoms with Gasteiger partial charge in [-0.15, -0.1) is 0 Å². The van der Waals surface area contributed by atoms with Gasteiger partial charge in [-0.1, -0.05) is 19.8 Å². The van der Waals surface area contributed by atoms with E-state index in [9.17, 15) is 5.11 Å². The number of hydrogen-bond donors (Lipinski definition) is 1. The summed E-state index contributed by atoms with van der Waals surface area (Å²) in [5, 5.41) is 10.9. The Morgan fingerprint density at radius 1 is 1.50 bits per heavy atom. The van der Waals surface area contributed by atoms with Crippen molar-refractivity contribution < 1.29 is 5.11 Å². The first kappa shape index (κ1) is 13.6. The lowest BCUT2D eigenvalue weighted by molar-refractivity contribution is -0.0549. The van der Waals surface area contributed by atoms with Crippen LogP contribution in [0.3, 0.4) is 0 Å². The average molecular weight is 251 g/mol. The van der Waals surface area contributed by atoms with E-state index in [1.165, 1.54) is 19.3 Å². The molecule has 0 amide bonds. The molecule has 0 bridgehead atoms. The van der Waals surface area contributed by atoms with Crippen LogP contribution in [0, 0.1) is 0 Å². The molecule has 1 fully saturated rings. The van der Waals surface area contributed by atoms with E-state index in [1.807, 2.05) is 17.8 Å². The molecule has 18 heavy (non-hydrogen) atoms. The van der Waals surface area contributed by atoms with E-state index in [4.69, 9.17) is 0 Å². The minimum Gasteiger partial charge on any atom is -0.382 e. The number of unbranched alkanes of at least 4 members (excludes halogenated alkanes) is 1. The molecule has 1 aromatic heterocycles. The van der Waals surface area contributed by atoms with Crippen LogP contribution in [0.15, 0.2) is 12.4 Å². The Balaban J connectivity index is 2.12. The molecule has 0 aromatic carbocycles.